The largest absolute Gasteiger partial charge is 0.326 e. The van der Waals surface area contributed by atoms with Crippen LogP contribution < -0.4 is 5.56 Å². The summed E-state index contributed by atoms with van der Waals surface area (Å²) in [7, 11) is 0. The van der Waals surface area contributed by atoms with Crippen LogP contribution in [0.2, 0.25) is 0 Å². The van der Waals surface area contributed by atoms with E-state index in [4.69, 9.17) is 11.6 Å². The SMILES string of the molecule is O=c1cnc(CCl)c[nH]1. The summed E-state index contributed by atoms with van der Waals surface area (Å²) >= 11 is 5.39. The van der Waals surface area contributed by atoms with Crippen molar-refractivity contribution in [2.45, 2.75) is 5.88 Å². The van der Waals surface area contributed by atoms with Crippen molar-refractivity contribution in [1.82, 2.24) is 9.97 Å². The number of aromatic amines is 1. The Morgan fingerprint density at radius 1 is 1.78 bits per heavy atom. The topological polar surface area (TPSA) is 45.8 Å². The molecule has 0 aromatic carbocycles. The van der Waals surface area contributed by atoms with Gasteiger partial charge in [-0.05, 0) is 0 Å². The average molecular weight is 145 g/mol. The Morgan fingerprint density at radius 3 is 3.00 bits per heavy atom. The highest BCUT2D eigenvalue weighted by molar-refractivity contribution is 6.16. The molecule has 0 aliphatic carbocycles. The fourth-order valence-corrected chi connectivity index (χ4v) is 0.590. The van der Waals surface area contributed by atoms with E-state index >= 15 is 0 Å². The first kappa shape index (κ1) is 6.29. The lowest BCUT2D eigenvalue weighted by molar-refractivity contribution is 1.06. The second-order valence-corrected chi connectivity index (χ2v) is 1.80. The molecule has 4 heteroatoms. The maximum atomic E-state index is 10.4. The number of rotatable bonds is 1. The third-order valence-electron chi connectivity index (χ3n) is 0.866. The summed E-state index contributed by atoms with van der Waals surface area (Å²) in [5.41, 5.74) is 0.472. The van der Waals surface area contributed by atoms with Gasteiger partial charge in [0.1, 0.15) is 0 Å². The van der Waals surface area contributed by atoms with Crippen LogP contribution in [0.3, 0.4) is 0 Å². The number of halogens is 1. The molecule has 0 saturated carbocycles. The number of H-pyrrole nitrogens is 1. The lowest BCUT2D eigenvalue weighted by atomic mass is 10.5. The molecule has 1 rings (SSSR count). The van der Waals surface area contributed by atoms with Crippen molar-refractivity contribution in [3.8, 4) is 0 Å². The number of aromatic nitrogens is 2. The molecule has 0 aliphatic heterocycles. The molecule has 0 aliphatic rings. The van der Waals surface area contributed by atoms with Crippen LogP contribution in [-0.4, -0.2) is 9.97 Å². The number of hydrogen-bond acceptors (Lipinski definition) is 2. The van der Waals surface area contributed by atoms with E-state index < -0.39 is 0 Å². The summed E-state index contributed by atoms with van der Waals surface area (Å²) in [6.45, 7) is 0. The van der Waals surface area contributed by atoms with E-state index in [0.29, 0.717) is 11.6 Å². The van der Waals surface area contributed by atoms with Gasteiger partial charge in [0.25, 0.3) is 5.56 Å². The minimum Gasteiger partial charge on any atom is -0.326 e. The van der Waals surface area contributed by atoms with E-state index in [2.05, 4.69) is 9.97 Å². The number of nitrogens with zero attached hydrogens (tertiary/aromatic N) is 1. The third-order valence-corrected chi connectivity index (χ3v) is 1.14. The fourth-order valence-electron chi connectivity index (χ4n) is 0.444. The molecule has 9 heavy (non-hydrogen) atoms. The van der Waals surface area contributed by atoms with Crippen LogP contribution in [0.25, 0.3) is 0 Å². The Labute approximate surface area is 56.7 Å². The van der Waals surface area contributed by atoms with Gasteiger partial charge in [0.2, 0.25) is 0 Å². The van der Waals surface area contributed by atoms with Gasteiger partial charge in [0.15, 0.2) is 0 Å². The normalized spacial score (nSPS) is 9.44. The quantitative estimate of drug-likeness (QED) is 0.584. The van der Waals surface area contributed by atoms with E-state index in [-0.39, 0.29) is 5.56 Å². The van der Waals surface area contributed by atoms with Gasteiger partial charge in [0, 0.05) is 6.20 Å². The van der Waals surface area contributed by atoms with Crippen molar-refractivity contribution in [3.63, 3.8) is 0 Å². The minimum atomic E-state index is -0.205. The van der Waals surface area contributed by atoms with E-state index in [0.717, 1.165) is 0 Å². The lowest BCUT2D eigenvalue weighted by Crippen LogP contribution is -2.04. The van der Waals surface area contributed by atoms with Gasteiger partial charge in [-0.25, -0.2) is 0 Å². The highest BCUT2D eigenvalue weighted by Gasteiger charge is 1.87. The Morgan fingerprint density at radius 2 is 2.56 bits per heavy atom. The van der Waals surface area contributed by atoms with Crippen LogP contribution in [0.15, 0.2) is 17.2 Å². The van der Waals surface area contributed by atoms with Crippen LogP contribution in [0, 0.1) is 0 Å². The van der Waals surface area contributed by atoms with Gasteiger partial charge in [-0.2, -0.15) is 0 Å². The standard InChI is InChI=1S/C5H5ClN2O/c6-1-4-2-8-5(9)3-7-4/h2-3H,1H2,(H,8,9). The van der Waals surface area contributed by atoms with Gasteiger partial charge in [0.05, 0.1) is 17.8 Å². The van der Waals surface area contributed by atoms with Crippen molar-refractivity contribution in [2.75, 3.05) is 0 Å². The number of nitrogens with one attached hydrogen (secondary N) is 1. The van der Waals surface area contributed by atoms with Gasteiger partial charge in [-0.1, -0.05) is 0 Å². The van der Waals surface area contributed by atoms with E-state index in [1.54, 1.807) is 0 Å². The molecule has 1 heterocycles. The third kappa shape index (κ3) is 1.54. The molecule has 0 bridgehead atoms. The van der Waals surface area contributed by atoms with E-state index in [1.807, 2.05) is 0 Å². The highest BCUT2D eigenvalue weighted by Crippen LogP contribution is 1.91. The molecule has 0 saturated heterocycles. The van der Waals surface area contributed by atoms with Gasteiger partial charge in [-0.3, -0.25) is 9.78 Å². The van der Waals surface area contributed by atoms with Crippen molar-refractivity contribution < 1.29 is 0 Å². The highest BCUT2D eigenvalue weighted by atomic mass is 35.5. The van der Waals surface area contributed by atoms with Crippen LogP contribution in [0.1, 0.15) is 5.69 Å². The molecule has 1 N–H and O–H groups in total. The molecular formula is C5H5ClN2O. The van der Waals surface area contributed by atoms with Gasteiger partial charge < -0.3 is 4.98 Å². The molecule has 0 unspecified atom stereocenters. The molecule has 0 spiro atoms. The second-order valence-electron chi connectivity index (χ2n) is 1.54. The maximum Gasteiger partial charge on any atom is 0.266 e. The molecule has 0 amide bonds. The first-order chi connectivity index (χ1) is 4.33. The Bertz CT molecular complexity index is 224. The number of alkyl halides is 1. The summed E-state index contributed by atoms with van der Waals surface area (Å²) in [6.07, 6.45) is 2.70. The number of hydrogen-bond donors (Lipinski definition) is 1. The Kier molecular flexibility index (Phi) is 1.85. The summed E-state index contributed by atoms with van der Waals surface area (Å²) in [6, 6.07) is 0. The average Bonchev–Trinajstić information content (AvgIpc) is 1.90. The van der Waals surface area contributed by atoms with E-state index in [9.17, 15) is 4.79 Å². The van der Waals surface area contributed by atoms with Crippen molar-refractivity contribution in [2.24, 2.45) is 0 Å². The van der Waals surface area contributed by atoms with Gasteiger partial charge in [-0.15, -0.1) is 11.6 Å². The zero-order valence-corrected chi connectivity index (χ0v) is 5.35. The predicted molar refractivity (Wildman–Crippen MR) is 34.4 cm³/mol. The Hall–Kier alpha value is -0.830. The van der Waals surface area contributed by atoms with Crippen molar-refractivity contribution >= 4 is 11.6 Å². The summed E-state index contributed by atoms with van der Waals surface area (Å²) in [5, 5.41) is 0. The molecule has 0 radical (unpaired) electrons. The van der Waals surface area contributed by atoms with Crippen molar-refractivity contribution in [3.05, 3.63) is 28.4 Å². The summed E-state index contributed by atoms with van der Waals surface area (Å²) < 4.78 is 0. The summed E-state index contributed by atoms with van der Waals surface area (Å²) in [5.74, 6) is 0.330. The predicted octanol–water partition coefficient (Wildman–Crippen LogP) is 0.509. The molecule has 1 aromatic heterocycles. The van der Waals surface area contributed by atoms with E-state index in [1.165, 1.54) is 12.4 Å². The fraction of sp³-hybridized carbons (Fsp3) is 0.200. The molecule has 1 aromatic rings. The monoisotopic (exact) mass is 144 g/mol. The van der Waals surface area contributed by atoms with Crippen LogP contribution in [0.5, 0.6) is 0 Å². The first-order valence-electron chi connectivity index (χ1n) is 2.42. The first-order valence-corrected chi connectivity index (χ1v) is 2.96. The smallest absolute Gasteiger partial charge is 0.266 e. The minimum absolute atomic E-state index is 0.205. The Balaban J connectivity index is 3.02. The zero-order valence-electron chi connectivity index (χ0n) is 4.60. The molecule has 3 nitrogen and oxygen atoms in total. The molecule has 48 valence electrons. The maximum absolute atomic E-state index is 10.4. The van der Waals surface area contributed by atoms with Crippen LogP contribution in [-0.2, 0) is 5.88 Å². The van der Waals surface area contributed by atoms with Crippen molar-refractivity contribution in [1.29, 1.82) is 0 Å². The molecule has 0 atom stereocenters. The molecule has 0 fully saturated rings. The lowest BCUT2D eigenvalue weighted by Gasteiger charge is -1.87. The zero-order chi connectivity index (χ0) is 6.69. The van der Waals surface area contributed by atoms with Crippen LogP contribution in [0.4, 0.5) is 0 Å². The van der Waals surface area contributed by atoms with Gasteiger partial charge >= 0.3 is 0 Å². The summed E-state index contributed by atoms with van der Waals surface area (Å²) in [4.78, 5) is 16.5. The van der Waals surface area contributed by atoms with Crippen LogP contribution >= 0.6 is 11.6 Å². The molecular weight excluding hydrogens is 140 g/mol. The second kappa shape index (κ2) is 2.64.